The van der Waals surface area contributed by atoms with E-state index in [0.717, 1.165) is 11.1 Å². The summed E-state index contributed by atoms with van der Waals surface area (Å²) in [6.07, 6.45) is 0. The Hall–Kier alpha value is -2.16. The van der Waals surface area contributed by atoms with Crippen molar-refractivity contribution in [3.05, 3.63) is 64.2 Å². The van der Waals surface area contributed by atoms with Crippen molar-refractivity contribution in [2.24, 2.45) is 0 Å². The molecule has 1 radical (unpaired) electrons. The van der Waals surface area contributed by atoms with Gasteiger partial charge in [0.15, 0.2) is 0 Å². The van der Waals surface area contributed by atoms with Gasteiger partial charge in [-0.15, -0.1) is 0 Å². The molecular formula is C16H16NO2. The third-order valence-electron chi connectivity index (χ3n) is 3.06. The van der Waals surface area contributed by atoms with E-state index in [0.29, 0.717) is 0 Å². The molecule has 19 heavy (non-hydrogen) atoms. The molecule has 0 amide bonds. The predicted molar refractivity (Wildman–Crippen MR) is 76.1 cm³/mol. The first-order chi connectivity index (χ1) is 8.88. The third kappa shape index (κ3) is 2.99. The monoisotopic (exact) mass is 254 g/mol. The first kappa shape index (κ1) is 13.3. The molecule has 0 aliphatic heterocycles. The average Bonchev–Trinajstić information content (AvgIpc) is 2.38. The van der Waals surface area contributed by atoms with E-state index < -0.39 is 0 Å². The maximum atomic E-state index is 10.6. The van der Waals surface area contributed by atoms with Crippen molar-refractivity contribution >= 4 is 5.69 Å². The van der Waals surface area contributed by atoms with Crippen LogP contribution < -0.4 is 0 Å². The van der Waals surface area contributed by atoms with Gasteiger partial charge in [-0.05, 0) is 40.3 Å². The van der Waals surface area contributed by atoms with Crippen LogP contribution in [-0.2, 0) is 5.41 Å². The van der Waals surface area contributed by atoms with E-state index in [2.05, 4.69) is 39.0 Å². The second kappa shape index (κ2) is 4.84. The highest BCUT2D eigenvalue weighted by Crippen LogP contribution is 2.28. The van der Waals surface area contributed by atoms with Crippen LogP contribution in [-0.4, -0.2) is 4.92 Å². The molecule has 0 spiro atoms. The highest BCUT2D eigenvalue weighted by Gasteiger charge is 2.14. The Morgan fingerprint density at radius 2 is 1.74 bits per heavy atom. The lowest BCUT2D eigenvalue weighted by molar-refractivity contribution is -0.384. The molecule has 3 nitrogen and oxygen atoms in total. The molecule has 0 N–H and O–H groups in total. The fraction of sp³-hybridized carbons (Fsp3) is 0.250. The second-order valence-corrected chi connectivity index (χ2v) is 5.55. The molecular weight excluding hydrogens is 238 g/mol. The Balaban J connectivity index is 2.39. The summed E-state index contributed by atoms with van der Waals surface area (Å²) in [5, 5.41) is 10.6. The summed E-state index contributed by atoms with van der Waals surface area (Å²) in [6, 6.07) is 15.8. The second-order valence-electron chi connectivity index (χ2n) is 5.55. The summed E-state index contributed by atoms with van der Waals surface area (Å²) < 4.78 is 0. The van der Waals surface area contributed by atoms with Gasteiger partial charge in [-0.2, -0.15) is 0 Å². The zero-order valence-electron chi connectivity index (χ0n) is 11.3. The number of hydrogen-bond donors (Lipinski definition) is 0. The topological polar surface area (TPSA) is 43.1 Å². The van der Waals surface area contributed by atoms with Crippen molar-refractivity contribution in [1.29, 1.82) is 0 Å². The van der Waals surface area contributed by atoms with E-state index in [4.69, 9.17) is 0 Å². The van der Waals surface area contributed by atoms with Crippen molar-refractivity contribution in [1.82, 2.24) is 0 Å². The van der Waals surface area contributed by atoms with E-state index in [9.17, 15) is 10.1 Å². The maximum absolute atomic E-state index is 10.6. The van der Waals surface area contributed by atoms with E-state index in [1.54, 1.807) is 12.1 Å². The van der Waals surface area contributed by atoms with Crippen LogP contribution >= 0.6 is 0 Å². The zero-order chi connectivity index (χ0) is 14.0. The van der Waals surface area contributed by atoms with Crippen molar-refractivity contribution in [3.8, 4) is 11.1 Å². The molecule has 0 bridgehead atoms. The van der Waals surface area contributed by atoms with Gasteiger partial charge in [0, 0.05) is 12.1 Å². The Kier molecular flexibility index (Phi) is 3.38. The van der Waals surface area contributed by atoms with Gasteiger partial charge in [-0.1, -0.05) is 39.0 Å². The third-order valence-corrected chi connectivity index (χ3v) is 3.06. The Labute approximate surface area is 113 Å². The van der Waals surface area contributed by atoms with Crippen LogP contribution in [0.5, 0.6) is 0 Å². The molecule has 0 fully saturated rings. The van der Waals surface area contributed by atoms with Gasteiger partial charge in [0.1, 0.15) is 0 Å². The average molecular weight is 254 g/mol. The molecule has 3 heteroatoms. The van der Waals surface area contributed by atoms with Crippen LogP contribution in [0.1, 0.15) is 26.3 Å². The van der Waals surface area contributed by atoms with Crippen LogP contribution in [0, 0.1) is 16.2 Å². The van der Waals surface area contributed by atoms with Crippen molar-refractivity contribution < 1.29 is 4.92 Å². The van der Waals surface area contributed by atoms with Gasteiger partial charge in [-0.3, -0.25) is 10.1 Å². The predicted octanol–water partition coefficient (Wildman–Crippen LogP) is 4.36. The number of rotatable bonds is 2. The number of nitro groups is 1. The lowest BCUT2D eigenvalue weighted by Gasteiger charge is -2.19. The molecule has 0 aromatic heterocycles. The number of nitro benzene ring substituents is 1. The molecule has 2 aromatic rings. The Bertz CT molecular complexity index is 595. The van der Waals surface area contributed by atoms with Crippen LogP contribution in [0.15, 0.2) is 42.5 Å². The standard InChI is InChI=1S/C16H16NO2/c1-16(2,3)14-6-4-5-13(11-14)12-7-9-15(10-8-12)17(18)19/h4,6-11H,1-3H3. The maximum Gasteiger partial charge on any atom is 0.269 e. The summed E-state index contributed by atoms with van der Waals surface area (Å²) >= 11 is 0. The molecule has 97 valence electrons. The lowest BCUT2D eigenvalue weighted by atomic mass is 9.85. The SMILES string of the molecule is CC(C)(C)c1cc[c]c(-c2ccc([N+](=O)[O-])cc2)c1. The summed E-state index contributed by atoms with van der Waals surface area (Å²) in [6.45, 7) is 6.46. The highest BCUT2D eigenvalue weighted by molar-refractivity contribution is 5.65. The molecule has 0 saturated carbocycles. The quantitative estimate of drug-likeness (QED) is 0.590. The van der Waals surface area contributed by atoms with Crippen molar-refractivity contribution in [2.75, 3.05) is 0 Å². The minimum Gasteiger partial charge on any atom is -0.258 e. The number of hydrogen-bond acceptors (Lipinski definition) is 2. The fourth-order valence-electron chi connectivity index (χ4n) is 1.86. The van der Waals surface area contributed by atoms with E-state index in [-0.39, 0.29) is 16.0 Å². The number of benzene rings is 2. The molecule has 0 heterocycles. The summed E-state index contributed by atoms with van der Waals surface area (Å²) in [5.41, 5.74) is 3.30. The number of non-ortho nitro benzene ring substituents is 1. The van der Waals surface area contributed by atoms with Gasteiger partial charge >= 0.3 is 0 Å². The van der Waals surface area contributed by atoms with E-state index in [1.807, 2.05) is 6.07 Å². The van der Waals surface area contributed by atoms with Gasteiger partial charge in [-0.25, -0.2) is 0 Å². The molecule has 2 rings (SSSR count). The first-order valence-electron chi connectivity index (χ1n) is 6.15. The molecule has 2 aromatic carbocycles. The zero-order valence-corrected chi connectivity index (χ0v) is 11.3. The normalized spacial score (nSPS) is 11.3. The van der Waals surface area contributed by atoms with Crippen LogP contribution in [0.3, 0.4) is 0 Å². The van der Waals surface area contributed by atoms with Gasteiger partial charge in [0.05, 0.1) is 4.92 Å². The molecule has 0 aliphatic rings. The Morgan fingerprint density at radius 1 is 1.11 bits per heavy atom. The van der Waals surface area contributed by atoms with E-state index >= 15 is 0 Å². The van der Waals surface area contributed by atoms with Crippen molar-refractivity contribution in [2.45, 2.75) is 26.2 Å². The van der Waals surface area contributed by atoms with Crippen LogP contribution in [0.4, 0.5) is 5.69 Å². The summed E-state index contributed by atoms with van der Waals surface area (Å²) in [5.74, 6) is 0. The lowest BCUT2D eigenvalue weighted by Crippen LogP contribution is -2.10. The minimum atomic E-state index is -0.390. The largest absolute Gasteiger partial charge is 0.269 e. The van der Waals surface area contributed by atoms with Crippen LogP contribution in [0.2, 0.25) is 0 Å². The first-order valence-corrected chi connectivity index (χ1v) is 6.15. The Morgan fingerprint density at radius 3 is 2.26 bits per heavy atom. The van der Waals surface area contributed by atoms with Crippen LogP contribution in [0.25, 0.3) is 11.1 Å². The van der Waals surface area contributed by atoms with Gasteiger partial charge < -0.3 is 0 Å². The molecule has 0 unspecified atom stereocenters. The molecule has 0 atom stereocenters. The molecule has 0 saturated heterocycles. The smallest absolute Gasteiger partial charge is 0.258 e. The minimum absolute atomic E-state index is 0.0740. The summed E-state index contributed by atoms with van der Waals surface area (Å²) in [4.78, 5) is 10.2. The van der Waals surface area contributed by atoms with Gasteiger partial charge in [0.25, 0.3) is 5.69 Å². The van der Waals surface area contributed by atoms with E-state index in [1.165, 1.54) is 17.7 Å². The van der Waals surface area contributed by atoms with Crippen molar-refractivity contribution in [3.63, 3.8) is 0 Å². The summed E-state index contributed by atoms with van der Waals surface area (Å²) in [7, 11) is 0. The highest BCUT2D eigenvalue weighted by atomic mass is 16.6. The molecule has 0 aliphatic carbocycles. The van der Waals surface area contributed by atoms with Gasteiger partial charge in [0.2, 0.25) is 0 Å². The number of nitrogens with zero attached hydrogens (tertiary/aromatic N) is 1. The fourth-order valence-corrected chi connectivity index (χ4v) is 1.86.